The van der Waals surface area contributed by atoms with E-state index < -0.39 is 11.6 Å². The van der Waals surface area contributed by atoms with Crippen molar-refractivity contribution in [3.63, 3.8) is 0 Å². The number of esters is 2. The number of methoxy groups -OCH3 is 2. The second-order valence-corrected chi connectivity index (χ2v) is 17.9. The minimum absolute atomic E-state index is 0.00923. The maximum atomic E-state index is 13.6. The molecule has 18 nitrogen and oxygen atoms in total. The summed E-state index contributed by atoms with van der Waals surface area (Å²) in [5, 5.41) is 10.5. The molecule has 2 aromatic heterocycles. The molecular weight excluding hydrogens is 980 g/mol. The predicted molar refractivity (Wildman–Crippen MR) is 267 cm³/mol. The van der Waals surface area contributed by atoms with Crippen LogP contribution in [0.3, 0.4) is 0 Å². The molecule has 2 saturated heterocycles. The highest BCUT2D eigenvalue weighted by Gasteiger charge is 2.27. The number of hydrogen-bond donors (Lipinski definition) is 3. The Hall–Kier alpha value is -6.97. The van der Waals surface area contributed by atoms with Gasteiger partial charge in [0.15, 0.2) is 11.5 Å². The second-order valence-electron chi connectivity index (χ2n) is 17.1. The van der Waals surface area contributed by atoms with Gasteiger partial charge in [0.2, 0.25) is 5.91 Å². The molecule has 0 bridgehead atoms. The normalized spacial score (nSPS) is 17.2. The van der Waals surface area contributed by atoms with Crippen LogP contribution in [-0.4, -0.2) is 133 Å². The highest BCUT2D eigenvalue weighted by Crippen LogP contribution is 2.37. The molecule has 4 heterocycles. The van der Waals surface area contributed by atoms with E-state index in [0.29, 0.717) is 120 Å². The smallest absolute Gasteiger partial charge is 0.320 e. The molecule has 9 rings (SSSR count). The van der Waals surface area contributed by atoms with Crippen LogP contribution < -0.4 is 30.2 Å². The van der Waals surface area contributed by atoms with Crippen molar-refractivity contribution < 1.29 is 51.6 Å². The van der Waals surface area contributed by atoms with E-state index in [1.165, 1.54) is 43.0 Å². The number of ether oxygens (including phenoxy) is 6. The summed E-state index contributed by atoms with van der Waals surface area (Å²) in [4.78, 5) is 57.5. The number of fused-ring (bicyclic) bond motifs is 2. The number of carbonyl (C=O) groups excluding carboxylic acids is 3. The van der Waals surface area contributed by atoms with E-state index in [1.807, 2.05) is 16.7 Å². The summed E-state index contributed by atoms with van der Waals surface area (Å²) in [7, 11) is 3.10. The zero-order valence-corrected chi connectivity index (χ0v) is 41.0. The number of halogens is 4. The minimum atomic E-state index is -0.523. The number of anilines is 5. The van der Waals surface area contributed by atoms with Crippen molar-refractivity contribution in [2.45, 2.75) is 32.0 Å². The summed E-state index contributed by atoms with van der Waals surface area (Å²) in [6.07, 6.45) is 7.69. The Morgan fingerprint density at radius 3 is 2.00 bits per heavy atom. The summed E-state index contributed by atoms with van der Waals surface area (Å²) in [5.74, 6) is 1.07. The number of aromatic nitrogens is 4. The fourth-order valence-corrected chi connectivity index (χ4v) is 8.17. The lowest BCUT2D eigenvalue weighted by Crippen LogP contribution is -2.47. The van der Waals surface area contributed by atoms with Gasteiger partial charge in [-0.1, -0.05) is 29.3 Å². The highest BCUT2D eigenvalue weighted by atomic mass is 35.5. The van der Waals surface area contributed by atoms with E-state index in [1.54, 1.807) is 56.7 Å². The number of nitrogens with zero attached hydrogens (tertiary/aromatic N) is 6. The number of hydrogen-bond acceptors (Lipinski definition) is 17. The van der Waals surface area contributed by atoms with E-state index in [4.69, 9.17) is 51.6 Å². The molecule has 6 aromatic rings. The fourth-order valence-electron chi connectivity index (χ4n) is 7.81. The zero-order valence-electron chi connectivity index (χ0n) is 39.5. The molecule has 3 fully saturated rings. The molecule has 0 spiro atoms. The molecule has 3 aliphatic rings. The average molecular weight is 1030 g/mol. The third-order valence-corrected chi connectivity index (χ3v) is 12.0. The van der Waals surface area contributed by atoms with Crippen LogP contribution in [0.5, 0.6) is 17.2 Å². The number of carbonyl (C=O) groups is 3. The highest BCUT2D eigenvalue weighted by molar-refractivity contribution is 6.31. The van der Waals surface area contributed by atoms with Gasteiger partial charge < -0.3 is 44.4 Å². The maximum Gasteiger partial charge on any atom is 0.320 e. The molecule has 2 aliphatic heterocycles. The van der Waals surface area contributed by atoms with Gasteiger partial charge in [0.1, 0.15) is 60.5 Å². The minimum Gasteiger partial charge on any atom is -0.493 e. The predicted octanol–water partition coefficient (Wildman–Crippen LogP) is 8.12. The Labute approximate surface area is 422 Å². The van der Waals surface area contributed by atoms with Gasteiger partial charge in [-0.25, -0.2) is 28.7 Å². The van der Waals surface area contributed by atoms with Crippen molar-refractivity contribution in [1.82, 2.24) is 29.7 Å². The summed E-state index contributed by atoms with van der Waals surface area (Å²) >= 11 is 11.8. The molecular formula is C50H51Cl2F2N9O9. The molecule has 4 aromatic carbocycles. The number of nitrogens with one attached hydrogen (secondary N) is 3. The Kier molecular flexibility index (Phi) is 17.1. The first kappa shape index (κ1) is 51.4. The third-order valence-electron chi connectivity index (χ3n) is 11.4. The van der Waals surface area contributed by atoms with E-state index in [2.05, 4.69) is 35.9 Å². The molecule has 1 amide bonds. The summed E-state index contributed by atoms with van der Waals surface area (Å²) in [5.41, 5.74) is 2.84. The average Bonchev–Trinajstić information content (AvgIpc) is 4.18. The number of morpholine rings is 2. The quantitative estimate of drug-likeness (QED) is 0.0550. The molecule has 1 saturated carbocycles. The third kappa shape index (κ3) is 13.9. The van der Waals surface area contributed by atoms with Gasteiger partial charge in [-0.3, -0.25) is 24.2 Å². The van der Waals surface area contributed by atoms with Gasteiger partial charge >= 0.3 is 11.9 Å². The Morgan fingerprint density at radius 2 is 1.39 bits per heavy atom. The van der Waals surface area contributed by atoms with Crippen LogP contribution in [0.1, 0.15) is 19.8 Å². The van der Waals surface area contributed by atoms with Gasteiger partial charge in [0.25, 0.3) is 0 Å². The number of cyclic esters (lactones) is 2. The zero-order chi connectivity index (χ0) is 50.7. The molecule has 72 heavy (non-hydrogen) atoms. The first-order valence-electron chi connectivity index (χ1n) is 22.9. The van der Waals surface area contributed by atoms with E-state index >= 15 is 0 Å². The number of benzene rings is 4. The van der Waals surface area contributed by atoms with E-state index in [-0.39, 0.29) is 53.2 Å². The summed E-state index contributed by atoms with van der Waals surface area (Å²) in [6.45, 7) is 5.59. The van der Waals surface area contributed by atoms with Crippen molar-refractivity contribution in [2.24, 2.45) is 5.92 Å². The molecule has 1 aliphatic carbocycles. The summed E-state index contributed by atoms with van der Waals surface area (Å²) in [6, 6.07) is 15.7. The monoisotopic (exact) mass is 1030 g/mol. The van der Waals surface area contributed by atoms with Gasteiger partial charge in [-0.05, 0) is 74.2 Å². The van der Waals surface area contributed by atoms with Crippen LogP contribution >= 0.6 is 23.2 Å². The van der Waals surface area contributed by atoms with Crippen LogP contribution in [-0.2, 0) is 28.6 Å². The lowest BCUT2D eigenvalue weighted by atomic mass is 10.1. The van der Waals surface area contributed by atoms with Gasteiger partial charge in [0, 0.05) is 73.6 Å². The van der Waals surface area contributed by atoms with Crippen LogP contribution in [0.2, 0.25) is 10.0 Å². The van der Waals surface area contributed by atoms with Crippen LogP contribution in [0.25, 0.3) is 21.8 Å². The molecule has 0 radical (unpaired) electrons. The maximum absolute atomic E-state index is 13.6. The number of rotatable bonds is 18. The van der Waals surface area contributed by atoms with Crippen molar-refractivity contribution in [3.05, 3.63) is 107 Å². The summed E-state index contributed by atoms with van der Waals surface area (Å²) < 4.78 is 60.1. The lowest BCUT2D eigenvalue weighted by Gasteiger charge is -2.30. The van der Waals surface area contributed by atoms with Crippen LogP contribution in [0.4, 0.5) is 37.5 Å². The second kappa shape index (κ2) is 24.0. The molecule has 378 valence electrons. The molecule has 0 unspecified atom stereocenters. The fraction of sp³-hybridized carbons (Fsp3) is 0.340. The van der Waals surface area contributed by atoms with Crippen molar-refractivity contribution in [1.29, 1.82) is 0 Å². The molecule has 22 heteroatoms. The van der Waals surface area contributed by atoms with Crippen LogP contribution in [0.15, 0.2) is 85.5 Å². The van der Waals surface area contributed by atoms with Crippen LogP contribution in [0, 0.1) is 17.6 Å². The van der Waals surface area contributed by atoms with Gasteiger partial charge in [-0.2, -0.15) is 0 Å². The van der Waals surface area contributed by atoms with Gasteiger partial charge in [-0.15, -0.1) is 0 Å². The van der Waals surface area contributed by atoms with Crippen molar-refractivity contribution in [2.75, 3.05) is 89.3 Å². The largest absolute Gasteiger partial charge is 0.493 e. The Balaban J connectivity index is 0.000000197. The standard InChI is InChI=1S/C28H29ClFN5O5.C22H22ClFN4O4/c1-38-15-19-12-35(13-27(37)40-19)8-2-3-26(36)34-24-10-20-23(11-25(24)39-14-17-4-5-17)31-16-32-28(20)33-18-6-7-22(30)21(29)9-18;1-13-10-28(11-21(29)32-13)5-6-31-20-8-15-18(9-19(20)30-2)25-12-26-22(15)27-14-3-4-17(24)16(23)7-14/h2-3,6-7,9-11,16-17,19H,4-5,8,12-15H2,1H3,(H,34,36)(H,31,32,33);3-4,7-9,12-13H,5-6,10-11H2,1-2H3,(H,25,26,27)/t19-;13-/m10/s1. The first-order chi connectivity index (χ1) is 34.8. The Morgan fingerprint density at radius 1 is 0.764 bits per heavy atom. The van der Waals surface area contributed by atoms with E-state index in [9.17, 15) is 23.2 Å². The van der Waals surface area contributed by atoms with Crippen molar-refractivity contribution >= 4 is 91.6 Å². The SMILES string of the molecule is COC[C@H]1CN(CC=CC(=O)Nc2cc3c(Nc4ccc(F)c(Cl)c4)ncnc3cc2OCC2CC2)CC(=O)O1.COc1cc2ncnc(Nc3ccc(F)c(Cl)c3)c2cc1OCCN1CC(=O)O[C@@H](C)C1. The topological polar surface area (TPSA) is 201 Å². The first-order valence-corrected chi connectivity index (χ1v) is 23.7. The van der Waals surface area contributed by atoms with Gasteiger partial charge in [0.05, 0.1) is 60.2 Å². The lowest BCUT2D eigenvalue weighted by molar-refractivity contribution is -0.161. The Bertz CT molecular complexity index is 2970. The van der Waals surface area contributed by atoms with Crippen molar-refractivity contribution in [3.8, 4) is 17.2 Å². The van der Waals surface area contributed by atoms with E-state index in [0.717, 1.165) is 12.8 Å². The number of amides is 1. The molecule has 2 atom stereocenters. The molecule has 3 N–H and O–H groups in total.